The summed E-state index contributed by atoms with van der Waals surface area (Å²) in [6.45, 7) is 0. The van der Waals surface area contributed by atoms with Crippen LogP contribution in [0.5, 0.6) is 0 Å². The third-order valence-electron chi connectivity index (χ3n) is 2.69. The highest BCUT2D eigenvalue weighted by atomic mass is 28.3. The molecular weight excluding hydrogens is 186 g/mol. The predicted molar refractivity (Wildman–Crippen MR) is 64.1 cm³/mol. The molecule has 1 aromatic carbocycles. The van der Waals surface area contributed by atoms with Gasteiger partial charge in [-0.1, -0.05) is 58.9 Å². The van der Waals surface area contributed by atoms with Crippen molar-refractivity contribution in [2.45, 2.75) is 6.42 Å². The topological polar surface area (TPSA) is 26.0 Å². The normalized spacial score (nSPS) is 16.8. The maximum Gasteiger partial charge on any atom is 0.111 e. The van der Waals surface area contributed by atoms with Gasteiger partial charge in [-0.2, -0.15) is 0 Å². The molecule has 0 aliphatic heterocycles. The molecule has 0 bridgehead atoms. The number of hydrogen-bond donors (Lipinski definition) is 1. The van der Waals surface area contributed by atoms with E-state index in [0.717, 1.165) is 12.6 Å². The van der Waals surface area contributed by atoms with Crippen LogP contribution in [-0.2, 0) is 0 Å². The molecule has 0 heterocycles. The van der Waals surface area contributed by atoms with Gasteiger partial charge in [-0.3, -0.25) is 0 Å². The molecule has 0 fully saturated rings. The molecule has 0 radical (unpaired) electrons. The zero-order chi connectivity index (χ0) is 9.80. The molecule has 72 valence electrons. The average Bonchev–Trinajstić information content (AvgIpc) is 2.74. The summed E-state index contributed by atoms with van der Waals surface area (Å²) >= 11 is 0. The summed E-state index contributed by atoms with van der Waals surface area (Å²) in [7, 11) is -1.05. The Bertz CT molecular complexity index is 354. The fourth-order valence-corrected chi connectivity index (χ4v) is 4.36. The second kappa shape index (κ2) is 4.40. The number of hydrogen-bond acceptors (Lipinski definition) is 1. The Labute approximate surface area is 86.6 Å². The summed E-state index contributed by atoms with van der Waals surface area (Å²) in [5.41, 5.74) is 5.88. The molecule has 1 aromatic rings. The zero-order valence-corrected chi connectivity index (χ0v) is 9.34. The van der Waals surface area contributed by atoms with E-state index in [1.807, 2.05) is 0 Å². The van der Waals surface area contributed by atoms with Crippen LogP contribution in [0.25, 0.3) is 0 Å². The van der Waals surface area contributed by atoms with Crippen molar-refractivity contribution in [2.75, 3.05) is 6.17 Å². The molecular formula is C12H15NSi. The third kappa shape index (κ3) is 1.86. The van der Waals surface area contributed by atoms with Gasteiger partial charge in [0.1, 0.15) is 8.80 Å². The summed E-state index contributed by atoms with van der Waals surface area (Å²) in [6.07, 6.45) is 8.55. The van der Waals surface area contributed by atoms with Gasteiger partial charge in [0, 0.05) is 0 Å². The molecule has 1 nitrogen and oxygen atoms in total. The quantitative estimate of drug-likeness (QED) is 0.727. The molecule has 0 aromatic heterocycles. The van der Waals surface area contributed by atoms with Crippen LogP contribution in [-0.4, -0.2) is 15.0 Å². The Morgan fingerprint density at radius 2 is 2.00 bits per heavy atom. The van der Waals surface area contributed by atoms with Gasteiger partial charge in [0.15, 0.2) is 0 Å². The second-order valence-electron chi connectivity index (χ2n) is 3.57. The Morgan fingerprint density at radius 3 is 2.57 bits per heavy atom. The largest absolute Gasteiger partial charge is 0.333 e. The Hall–Kier alpha value is -1.12. The van der Waals surface area contributed by atoms with E-state index in [9.17, 15) is 0 Å². The van der Waals surface area contributed by atoms with Crippen LogP contribution in [0.3, 0.4) is 0 Å². The second-order valence-corrected chi connectivity index (χ2v) is 6.56. The van der Waals surface area contributed by atoms with Crippen molar-refractivity contribution >= 4 is 14.0 Å². The average molecular weight is 201 g/mol. The van der Waals surface area contributed by atoms with Gasteiger partial charge in [-0.25, -0.2) is 0 Å². The minimum Gasteiger partial charge on any atom is -0.333 e. The van der Waals surface area contributed by atoms with Crippen LogP contribution in [0, 0.1) is 0 Å². The van der Waals surface area contributed by atoms with E-state index in [2.05, 4.69) is 48.6 Å². The molecule has 2 heteroatoms. The van der Waals surface area contributed by atoms with Gasteiger partial charge in [0.05, 0.1) is 0 Å². The van der Waals surface area contributed by atoms with E-state index in [1.165, 1.54) is 5.19 Å². The summed E-state index contributed by atoms with van der Waals surface area (Å²) in [6, 6.07) is 10.7. The van der Waals surface area contributed by atoms with Gasteiger partial charge in [0.2, 0.25) is 0 Å². The number of nitrogens with two attached hydrogens (primary N) is 1. The lowest BCUT2D eigenvalue weighted by atomic mass is 10.4. The number of rotatable bonds is 3. The molecule has 0 saturated heterocycles. The van der Waals surface area contributed by atoms with E-state index < -0.39 is 8.80 Å². The van der Waals surface area contributed by atoms with E-state index in [0.29, 0.717) is 0 Å². The van der Waals surface area contributed by atoms with Crippen LogP contribution < -0.4 is 10.9 Å². The van der Waals surface area contributed by atoms with Crippen LogP contribution in [0.2, 0.25) is 0 Å². The predicted octanol–water partition coefficient (Wildman–Crippen LogP) is 1.04. The maximum absolute atomic E-state index is 5.88. The fraction of sp³-hybridized carbons (Fsp3) is 0.167. The minimum atomic E-state index is -1.05. The van der Waals surface area contributed by atoms with Gasteiger partial charge in [-0.15, -0.1) is 0 Å². The summed E-state index contributed by atoms with van der Waals surface area (Å²) in [5.74, 6) is 0. The molecule has 2 rings (SSSR count). The molecule has 2 N–H and O–H groups in total. The van der Waals surface area contributed by atoms with E-state index >= 15 is 0 Å². The van der Waals surface area contributed by atoms with Crippen molar-refractivity contribution in [3.8, 4) is 0 Å². The molecule has 1 unspecified atom stereocenters. The lowest BCUT2D eigenvalue weighted by molar-refractivity contribution is 1.30. The zero-order valence-electron chi connectivity index (χ0n) is 8.19. The molecule has 0 saturated carbocycles. The number of benzene rings is 1. The van der Waals surface area contributed by atoms with Crippen molar-refractivity contribution in [1.29, 1.82) is 0 Å². The highest BCUT2D eigenvalue weighted by molar-refractivity contribution is 6.80. The van der Waals surface area contributed by atoms with Crippen LogP contribution in [0.4, 0.5) is 0 Å². The number of allylic oxidation sites excluding steroid dienone is 4. The minimum absolute atomic E-state index is 0.831. The summed E-state index contributed by atoms with van der Waals surface area (Å²) < 4.78 is 0. The molecule has 1 aliphatic carbocycles. The summed E-state index contributed by atoms with van der Waals surface area (Å²) in [5, 5.41) is 3.03. The van der Waals surface area contributed by atoms with Gasteiger partial charge >= 0.3 is 0 Å². The van der Waals surface area contributed by atoms with Crippen LogP contribution >= 0.6 is 0 Å². The highest BCUT2D eigenvalue weighted by Crippen LogP contribution is 2.13. The summed E-state index contributed by atoms with van der Waals surface area (Å²) in [4.78, 5) is 0. The standard InChI is InChI=1S/C12H15NSi/c13-10-14(12-8-4-5-9-12)11-6-2-1-3-7-11/h1-8,14H,9-10,13H2. The van der Waals surface area contributed by atoms with Crippen LogP contribution in [0.15, 0.2) is 53.8 Å². The van der Waals surface area contributed by atoms with Crippen molar-refractivity contribution in [3.63, 3.8) is 0 Å². The first kappa shape index (κ1) is 9.43. The Morgan fingerprint density at radius 1 is 1.21 bits per heavy atom. The van der Waals surface area contributed by atoms with Crippen molar-refractivity contribution in [2.24, 2.45) is 5.73 Å². The van der Waals surface area contributed by atoms with Gasteiger partial charge in [-0.05, 0) is 12.6 Å². The van der Waals surface area contributed by atoms with Crippen molar-refractivity contribution in [3.05, 3.63) is 53.8 Å². The van der Waals surface area contributed by atoms with E-state index in [4.69, 9.17) is 5.73 Å². The SMILES string of the molecule is NC[SiH](C1=CC=CC1)c1ccccc1. The monoisotopic (exact) mass is 201 g/mol. The molecule has 0 spiro atoms. The smallest absolute Gasteiger partial charge is 0.111 e. The van der Waals surface area contributed by atoms with E-state index in [-0.39, 0.29) is 0 Å². The lowest BCUT2D eigenvalue weighted by Crippen LogP contribution is -2.39. The molecule has 1 atom stereocenters. The van der Waals surface area contributed by atoms with Gasteiger partial charge in [0.25, 0.3) is 0 Å². The molecule has 1 aliphatic rings. The molecule has 14 heavy (non-hydrogen) atoms. The van der Waals surface area contributed by atoms with Crippen molar-refractivity contribution in [1.82, 2.24) is 0 Å². The maximum atomic E-state index is 5.88. The van der Waals surface area contributed by atoms with Crippen LogP contribution in [0.1, 0.15) is 6.42 Å². The first-order valence-electron chi connectivity index (χ1n) is 5.02. The Kier molecular flexibility index (Phi) is 2.96. The third-order valence-corrected chi connectivity index (χ3v) is 5.67. The highest BCUT2D eigenvalue weighted by Gasteiger charge is 2.16. The molecule has 0 amide bonds. The van der Waals surface area contributed by atoms with Crippen molar-refractivity contribution < 1.29 is 0 Å². The lowest BCUT2D eigenvalue weighted by Gasteiger charge is -2.14. The van der Waals surface area contributed by atoms with Gasteiger partial charge < -0.3 is 5.73 Å². The first-order valence-corrected chi connectivity index (χ1v) is 6.99. The van der Waals surface area contributed by atoms with E-state index in [1.54, 1.807) is 5.20 Å². The first-order chi connectivity index (χ1) is 6.92. The Balaban J connectivity index is 2.22. The fourth-order valence-electron chi connectivity index (χ4n) is 1.91.